The topological polar surface area (TPSA) is 71.4 Å². The molecule has 0 bridgehead atoms. The number of fused-ring (bicyclic) bond motifs is 1. The minimum absolute atomic E-state index is 0.0718. The average Bonchev–Trinajstić information content (AvgIpc) is 2.68. The summed E-state index contributed by atoms with van der Waals surface area (Å²) in [5.74, 6) is 0.442. The first-order chi connectivity index (χ1) is 12.7. The van der Waals surface area contributed by atoms with Crippen LogP contribution in [0.5, 0.6) is 17.6 Å². The molecule has 0 atom stereocenters. The summed E-state index contributed by atoms with van der Waals surface area (Å²) in [5, 5.41) is 11.0. The second-order valence-electron chi connectivity index (χ2n) is 5.69. The van der Waals surface area contributed by atoms with Gasteiger partial charge in [-0.2, -0.15) is 9.97 Å². The monoisotopic (exact) mass is 344 g/mol. The Kier molecular flexibility index (Phi) is 4.07. The van der Waals surface area contributed by atoms with E-state index in [4.69, 9.17) is 4.74 Å². The molecule has 0 fully saturated rings. The summed E-state index contributed by atoms with van der Waals surface area (Å²) < 4.78 is 5.63. The van der Waals surface area contributed by atoms with Gasteiger partial charge in [0.05, 0.1) is 23.5 Å². The Balaban J connectivity index is 1.77. The number of para-hydroxylation sites is 2. The number of aromatic nitrogens is 3. The Morgan fingerprint density at radius 2 is 1.58 bits per heavy atom. The number of pyridine rings is 1. The molecule has 2 aromatic carbocycles. The zero-order valence-electron chi connectivity index (χ0n) is 14.1. The molecule has 0 aliphatic heterocycles. The van der Waals surface area contributed by atoms with Gasteiger partial charge in [-0.25, -0.2) is 0 Å². The van der Waals surface area contributed by atoms with Crippen LogP contribution in [0.15, 0.2) is 73.1 Å². The van der Waals surface area contributed by atoms with E-state index in [0.717, 1.165) is 5.69 Å². The second kappa shape index (κ2) is 6.68. The number of nitrogens with zero attached hydrogens (tertiary/aromatic N) is 4. The molecule has 1 N–H and O–H groups in total. The second-order valence-corrected chi connectivity index (χ2v) is 5.69. The number of hydrogen-bond acceptors (Lipinski definition) is 6. The van der Waals surface area contributed by atoms with E-state index >= 15 is 0 Å². The van der Waals surface area contributed by atoms with Gasteiger partial charge in [-0.1, -0.05) is 36.4 Å². The Bertz CT molecular complexity index is 1040. The van der Waals surface area contributed by atoms with E-state index in [1.165, 1.54) is 0 Å². The van der Waals surface area contributed by atoms with Crippen molar-refractivity contribution in [1.82, 2.24) is 15.0 Å². The Labute approximate surface area is 150 Å². The zero-order chi connectivity index (χ0) is 17.9. The Morgan fingerprint density at radius 1 is 0.885 bits per heavy atom. The van der Waals surface area contributed by atoms with Gasteiger partial charge in [-0.3, -0.25) is 4.98 Å². The molecule has 0 saturated carbocycles. The van der Waals surface area contributed by atoms with Crippen LogP contribution in [0.3, 0.4) is 0 Å². The maximum absolute atomic E-state index is 10.5. The minimum Gasteiger partial charge on any atom is -0.493 e. The summed E-state index contributed by atoms with van der Waals surface area (Å²) in [6.07, 6.45) is 3.26. The van der Waals surface area contributed by atoms with E-state index < -0.39 is 0 Å². The maximum atomic E-state index is 10.5. The van der Waals surface area contributed by atoms with Gasteiger partial charge in [0, 0.05) is 12.7 Å². The highest BCUT2D eigenvalue weighted by molar-refractivity contribution is 5.96. The molecule has 0 saturated heterocycles. The van der Waals surface area contributed by atoms with Crippen molar-refractivity contribution >= 4 is 22.3 Å². The molecular weight excluding hydrogens is 328 g/mol. The highest BCUT2D eigenvalue weighted by Crippen LogP contribution is 2.35. The van der Waals surface area contributed by atoms with Crippen LogP contribution in [0.25, 0.3) is 10.9 Å². The molecule has 2 heterocycles. The summed E-state index contributed by atoms with van der Waals surface area (Å²) in [6.45, 7) is 0. The van der Waals surface area contributed by atoms with Gasteiger partial charge in [-0.05, 0) is 24.3 Å². The van der Waals surface area contributed by atoms with E-state index in [1.54, 1.807) is 24.5 Å². The third kappa shape index (κ3) is 3.00. The van der Waals surface area contributed by atoms with E-state index in [-0.39, 0.29) is 11.9 Å². The van der Waals surface area contributed by atoms with Gasteiger partial charge >= 0.3 is 6.01 Å². The molecule has 4 aromatic rings. The molecule has 0 unspecified atom stereocenters. The van der Waals surface area contributed by atoms with Crippen molar-refractivity contribution in [3.63, 3.8) is 0 Å². The summed E-state index contributed by atoms with van der Waals surface area (Å²) in [7, 11) is 1.90. The number of aromatic hydroxyl groups is 1. The van der Waals surface area contributed by atoms with Crippen LogP contribution in [-0.4, -0.2) is 27.1 Å². The zero-order valence-corrected chi connectivity index (χ0v) is 14.1. The smallest absolute Gasteiger partial charge is 0.325 e. The van der Waals surface area contributed by atoms with E-state index in [9.17, 15) is 5.11 Å². The van der Waals surface area contributed by atoms with Crippen molar-refractivity contribution < 1.29 is 9.84 Å². The lowest BCUT2D eigenvalue weighted by molar-refractivity contribution is 0.412. The van der Waals surface area contributed by atoms with Crippen LogP contribution in [0, 0.1) is 0 Å². The maximum Gasteiger partial charge on any atom is 0.325 e. The van der Waals surface area contributed by atoms with Gasteiger partial charge in [-0.15, -0.1) is 0 Å². The van der Waals surface area contributed by atoms with Gasteiger partial charge in [0.15, 0.2) is 0 Å². The van der Waals surface area contributed by atoms with Crippen LogP contribution in [0.1, 0.15) is 0 Å². The third-order valence-corrected chi connectivity index (χ3v) is 4.00. The normalized spacial score (nSPS) is 10.7. The molecule has 0 spiro atoms. The van der Waals surface area contributed by atoms with E-state index in [0.29, 0.717) is 22.3 Å². The molecule has 6 nitrogen and oxygen atoms in total. The van der Waals surface area contributed by atoms with Gasteiger partial charge < -0.3 is 14.7 Å². The van der Waals surface area contributed by atoms with Crippen molar-refractivity contribution in [2.75, 3.05) is 11.9 Å². The molecule has 0 amide bonds. The summed E-state index contributed by atoms with van der Waals surface area (Å²) in [4.78, 5) is 14.7. The van der Waals surface area contributed by atoms with Crippen LogP contribution in [0.4, 0.5) is 11.4 Å². The highest BCUT2D eigenvalue weighted by Gasteiger charge is 2.16. The molecule has 26 heavy (non-hydrogen) atoms. The van der Waals surface area contributed by atoms with E-state index in [2.05, 4.69) is 15.0 Å². The van der Waals surface area contributed by atoms with Crippen molar-refractivity contribution in [2.45, 2.75) is 0 Å². The lowest BCUT2D eigenvalue weighted by atomic mass is 10.2. The molecule has 2 aromatic heterocycles. The minimum atomic E-state index is -0.152. The fourth-order valence-electron chi connectivity index (χ4n) is 2.71. The predicted octanol–water partition coefficient (Wildman–Crippen LogP) is 4.29. The fourth-order valence-corrected chi connectivity index (χ4v) is 2.71. The van der Waals surface area contributed by atoms with Crippen LogP contribution < -0.4 is 9.64 Å². The molecule has 0 aliphatic rings. The number of anilines is 2. The number of benzene rings is 2. The third-order valence-electron chi connectivity index (χ3n) is 4.00. The molecule has 4 rings (SSSR count). The quantitative estimate of drug-likeness (QED) is 0.595. The summed E-state index contributed by atoms with van der Waals surface area (Å²) >= 11 is 0. The molecule has 0 radical (unpaired) electrons. The average molecular weight is 344 g/mol. The van der Waals surface area contributed by atoms with Gasteiger partial charge in [0.1, 0.15) is 11.3 Å². The van der Waals surface area contributed by atoms with Crippen molar-refractivity contribution in [2.24, 2.45) is 0 Å². The standard InChI is InChI=1S/C20H16N4O2/c1-24(14-8-4-2-5-9-14)17-13-21-12-16-18(17)19(25)23-20(22-16)26-15-10-6-3-7-11-15/h2-13H,1H3,(H,22,23,25). The Morgan fingerprint density at radius 3 is 2.31 bits per heavy atom. The number of ether oxygens (including phenoxy) is 1. The predicted molar refractivity (Wildman–Crippen MR) is 100 cm³/mol. The first-order valence-corrected chi connectivity index (χ1v) is 8.09. The van der Waals surface area contributed by atoms with E-state index in [1.807, 2.05) is 60.5 Å². The van der Waals surface area contributed by atoms with Crippen molar-refractivity contribution in [3.05, 3.63) is 73.1 Å². The summed E-state index contributed by atoms with van der Waals surface area (Å²) in [5.41, 5.74) is 2.17. The SMILES string of the molecule is CN(c1ccccc1)c1cncc2nc(Oc3ccccc3)nc(O)c12. The Hall–Kier alpha value is -3.67. The van der Waals surface area contributed by atoms with Gasteiger partial charge in [0.25, 0.3) is 0 Å². The van der Waals surface area contributed by atoms with Gasteiger partial charge in [0.2, 0.25) is 5.88 Å². The molecule has 6 heteroatoms. The first kappa shape index (κ1) is 15.8. The molecular formula is C20H16N4O2. The van der Waals surface area contributed by atoms with Crippen molar-refractivity contribution in [1.29, 1.82) is 0 Å². The van der Waals surface area contributed by atoms with Crippen LogP contribution in [-0.2, 0) is 0 Å². The number of rotatable bonds is 4. The van der Waals surface area contributed by atoms with Crippen molar-refractivity contribution in [3.8, 4) is 17.6 Å². The fraction of sp³-hybridized carbons (Fsp3) is 0.0500. The van der Waals surface area contributed by atoms with Crippen LogP contribution in [0.2, 0.25) is 0 Å². The van der Waals surface area contributed by atoms with Crippen LogP contribution >= 0.6 is 0 Å². The molecule has 128 valence electrons. The number of hydrogen-bond donors (Lipinski definition) is 1. The lowest BCUT2D eigenvalue weighted by Gasteiger charge is -2.20. The summed E-state index contributed by atoms with van der Waals surface area (Å²) in [6, 6.07) is 19.1. The molecule has 0 aliphatic carbocycles. The first-order valence-electron chi connectivity index (χ1n) is 8.09. The largest absolute Gasteiger partial charge is 0.493 e. The highest BCUT2D eigenvalue weighted by atomic mass is 16.5. The lowest BCUT2D eigenvalue weighted by Crippen LogP contribution is -2.10.